The van der Waals surface area contributed by atoms with Gasteiger partial charge >= 0.3 is 0 Å². The van der Waals surface area contributed by atoms with Crippen LogP contribution in [0.1, 0.15) is 18.9 Å². The lowest BCUT2D eigenvalue weighted by Gasteiger charge is -2.23. The standard InChI is InChI=1S/C20H23N3O3/c1-2-22(18-10-4-3-5-11-18)16-8-15-21-20(24)14-13-17-9-6-7-12-19(17)23(25)26/h3-7,9-14H,2,8,15-16H2,1H3,(H,21,24)/b14-13+. The zero-order valence-electron chi connectivity index (χ0n) is 14.8. The molecule has 0 radical (unpaired) electrons. The van der Waals surface area contributed by atoms with E-state index in [1.807, 2.05) is 18.2 Å². The number of amides is 1. The Morgan fingerprint density at radius 3 is 2.54 bits per heavy atom. The summed E-state index contributed by atoms with van der Waals surface area (Å²) in [6.45, 7) is 4.38. The van der Waals surface area contributed by atoms with Gasteiger partial charge in [0.2, 0.25) is 5.91 Å². The highest BCUT2D eigenvalue weighted by molar-refractivity contribution is 5.92. The maximum atomic E-state index is 11.9. The van der Waals surface area contributed by atoms with E-state index in [9.17, 15) is 14.9 Å². The van der Waals surface area contributed by atoms with Crippen LogP contribution in [0.5, 0.6) is 0 Å². The summed E-state index contributed by atoms with van der Waals surface area (Å²) < 4.78 is 0. The lowest BCUT2D eigenvalue weighted by Crippen LogP contribution is -2.29. The summed E-state index contributed by atoms with van der Waals surface area (Å²) in [6, 6.07) is 16.5. The fourth-order valence-electron chi connectivity index (χ4n) is 2.61. The van der Waals surface area contributed by atoms with Gasteiger partial charge in [0.1, 0.15) is 0 Å². The first kappa shape index (κ1) is 19.2. The Hall–Kier alpha value is -3.15. The molecule has 2 rings (SSSR count). The largest absolute Gasteiger partial charge is 0.372 e. The number of carbonyl (C=O) groups excluding carboxylic acids is 1. The highest BCUT2D eigenvalue weighted by Crippen LogP contribution is 2.18. The quantitative estimate of drug-likeness (QED) is 0.323. The number of nitrogens with one attached hydrogen (secondary N) is 1. The monoisotopic (exact) mass is 353 g/mol. The summed E-state index contributed by atoms with van der Waals surface area (Å²) in [5.41, 5.74) is 1.56. The van der Waals surface area contributed by atoms with Crippen molar-refractivity contribution in [2.45, 2.75) is 13.3 Å². The molecule has 0 saturated carbocycles. The Balaban J connectivity index is 1.79. The van der Waals surface area contributed by atoms with Crippen LogP contribution in [0, 0.1) is 10.1 Å². The number of nitro benzene ring substituents is 1. The van der Waals surface area contributed by atoms with Crippen LogP contribution in [0.4, 0.5) is 11.4 Å². The van der Waals surface area contributed by atoms with Gasteiger partial charge in [0, 0.05) is 37.5 Å². The van der Waals surface area contributed by atoms with Gasteiger partial charge in [0.15, 0.2) is 0 Å². The molecule has 6 nitrogen and oxygen atoms in total. The third kappa shape index (κ3) is 5.73. The summed E-state index contributed by atoms with van der Waals surface area (Å²) in [5, 5.41) is 13.8. The highest BCUT2D eigenvalue weighted by Gasteiger charge is 2.09. The van der Waals surface area contributed by atoms with Gasteiger partial charge in [-0.15, -0.1) is 0 Å². The van der Waals surface area contributed by atoms with Gasteiger partial charge in [0.05, 0.1) is 10.5 Å². The van der Waals surface area contributed by atoms with E-state index in [4.69, 9.17) is 0 Å². The first-order chi connectivity index (χ1) is 12.6. The lowest BCUT2D eigenvalue weighted by atomic mass is 10.1. The molecule has 0 aliphatic rings. The zero-order valence-corrected chi connectivity index (χ0v) is 14.8. The van der Waals surface area contributed by atoms with E-state index in [0.29, 0.717) is 12.1 Å². The average molecular weight is 353 g/mol. The molecule has 26 heavy (non-hydrogen) atoms. The van der Waals surface area contributed by atoms with Crippen LogP contribution in [0.25, 0.3) is 6.08 Å². The highest BCUT2D eigenvalue weighted by atomic mass is 16.6. The topological polar surface area (TPSA) is 75.5 Å². The van der Waals surface area contributed by atoms with Crippen molar-refractivity contribution in [3.63, 3.8) is 0 Å². The van der Waals surface area contributed by atoms with Crippen LogP contribution in [-0.4, -0.2) is 30.5 Å². The molecule has 0 fully saturated rings. The molecule has 0 aliphatic heterocycles. The van der Waals surface area contributed by atoms with Crippen molar-refractivity contribution in [1.82, 2.24) is 5.32 Å². The van der Waals surface area contributed by atoms with E-state index in [-0.39, 0.29) is 11.6 Å². The molecule has 1 N–H and O–H groups in total. The molecule has 0 atom stereocenters. The number of carbonyl (C=O) groups is 1. The van der Waals surface area contributed by atoms with E-state index in [1.54, 1.807) is 18.2 Å². The molecule has 0 bridgehead atoms. The molecule has 0 spiro atoms. The van der Waals surface area contributed by atoms with Crippen molar-refractivity contribution < 1.29 is 9.72 Å². The van der Waals surface area contributed by atoms with Gasteiger partial charge in [-0.1, -0.05) is 30.3 Å². The van der Waals surface area contributed by atoms with Gasteiger partial charge in [-0.3, -0.25) is 14.9 Å². The Morgan fingerprint density at radius 2 is 1.85 bits per heavy atom. The molecule has 6 heteroatoms. The first-order valence-corrected chi connectivity index (χ1v) is 8.61. The van der Waals surface area contributed by atoms with Crippen molar-refractivity contribution in [2.75, 3.05) is 24.5 Å². The number of anilines is 1. The normalized spacial score (nSPS) is 10.7. The molecule has 0 aliphatic carbocycles. The molecule has 2 aromatic carbocycles. The first-order valence-electron chi connectivity index (χ1n) is 8.61. The van der Waals surface area contributed by atoms with Crippen LogP contribution in [0.2, 0.25) is 0 Å². The Bertz CT molecular complexity index is 760. The molecular formula is C20H23N3O3. The van der Waals surface area contributed by atoms with Crippen molar-refractivity contribution in [3.8, 4) is 0 Å². The predicted molar refractivity (Wildman–Crippen MR) is 104 cm³/mol. The fraction of sp³-hybridized carbons (Fsp3) is 0.250. The van der Waals surface area contributed by atoms with E-state index in [0.717, 1.165) is 25.2 Å². The van der Waals surface area contributed by atoms with Crippen LogP contribution in [0.15, 0.2) is 60.7 Å². The minimum atomic E-state index is -0.458. The van der Waals surface area contributed by atoms with Crippen LogP contribution in [-0.2, 0) is 4.79 Å². The van der Waals surface area contributed by atoms with E-state index in [1.165, 1.54) is 18.2 Å². The molecule has 2 aromatic rings. The van der Waals surface area contributed by atoms with Gasteiger partial charge in [-0.05, 0) is 37.6 Å². The minimum absolute atomic E-state index is 0.0157. The summed E-state index contributed by atoms with van der Waals surface area (Å²) in [7, 11) is 0. The second kappa shape index (κ2) is 9.98. The Morgan fingerprint density at radius 1 is 1.15 bits per heavy atom. The molecule has 0 saturated heterocycles. The zero-order chi connectivity index (χ0) is 18.8. The minimum Gasteiger partial charge on any atom is -0.372 e. The lowest BCUT2D eigenvalue weighted by molar-refractivity contribution is -0.385. The number of rotatable bonds is 9. The third-order valence-corrected chi connectivity index (χ3v) is 3.95. The molecule has 0 aromatic heterocycles. The van der Waals surface area contributed by atoms with Crippen molar-refractivity contribution >= 4 is 23.4 Å². The summed E-state index contributed by atoms with van der Waals surface area (Å²) in [6.07, 6.45) is 3.61. The number of nitrogens with zero attached hydrogens (tertiary/aromatic N) is 2. The van der Waals surface area contributed by atoms with Crippen molar-refractivity contribution in [1.29, 1.82) is 0 Å². The smallest absolute Gasteiger partial charge is 0.276 e. The van der Waals surface area contributed by atoms with Gasteiger partial charge in [-0.2, -0.15) is 0 Å². The second-order valence-electron chi connectivity index (χ2n) is 5.71. The van der Waals surface area contributed by atoms with Crippen LogP contribution < -0.4 is 10.2 Å². The van der Waals surface area contributed by atoms with Gasteiger partial charge < -0.3 is 10.2 Å². The summed E-state index contributed by atoms with van der Waals surface area (Å²) in [4.78, 5) is 24.6. The molecule has 0 unspecified atom stereocenters. The number of para-hydroxylation sites is 2. The number of benzene rings is 2. The number of hydrogen-bond acceptors (Lipinski definition) is 4. The van der Waals surface area contributed by atoms with Crippen molar-refractivity contribution in [3.05, 3.63) is 76.4 Å². The SMILES string of the molecule is CCN(CCCNC(=O)/C=C/c1ccccc1[N+](=O)[O-])c1ccccc1. The van der Waals surface area contributed by atoms with Crippen LogP contribution >= 0.6 is 0 Å². The van der Waals surface area contributed by atoms with Gasteiger partial charge in [0.25, 0.3) is 5.69 Å². The average Bonchev–Trinajstić information content (AvgIpc) is 2.67. The van der Waals surface area contributed by atoms with Crippen LogP contribution in [0.3, 0.4) is 0 Å². The number of hydrogen-bond donors (Lipinski definition) is 1. The molecule has 136 valence electrons. The third-order valence-electron chi connectivity index (χ3n) is 3.95. The molecular weight excluding hydrogens is 330 g/mol. The molecule has 1 amide bonds. The maximum absolute atomic E-state index is 11.9. The predicted octanol–water partition coefficient (Wildman–Crippen LogP) is 3.64. The fourth-order valence-corrected chi connectivity index (χ4v) is 2.61. The summed E-state index contributed by atoms with van der Waals surface area (Å²) in [5.74, 6) is -0.258. The molecule has 0 heterocycles. The number of nitro groups is 1. The summed E-state index contributed by atoms with van der Waals surface area (Å²) >= 11 is 0. The Kier molecular flexibility index (Phi) is 7.36. The van der Waals surface area contributed by atoms with E-state index < -0.39 is 4.92 Å². The second-order valence-corrected chi connectivity index (χ2v) is 5.71. The Labute approximate surface area is 153 Å². The maximum Gasteiger partial charge on any atom is 0.276 e. The van der Waals surface area contributed by atoms with E-state index in [2.05, 4.69) is 29.3 Å². The van der Waals surface area contributed by atoms with E-state index >= 15 is 0 Å². The van der Waals surface area contributed by atoms with Gasteiger partial charge in [-0.25, -0.2) is 0 Å². The van der Waals surface area contributed by atoms with Crippen molar-refractivity contribution in [2.24, 2.45) is 0 Å².